The molecule has 212 valence electrons. The van der Waals surface area contributed by atoms with E-state index in [9.17, 15) is 19.2 Å². The molecule has 3 aromatic rings. The van der Waals surface area contributed by atoms with E-state index in [0.717, 1.165) is 5.56 Å². The van der Waals surface area contributed by atoms with Crippen LogP contribution in [0.25, 0.3) is 0 Å². The highest BCUT2D eigenvalue weighted by Gasteiger charge is 2.33. The number of nitrogens with zero attached hydrogens (tertiary/aromatic N) is 2. The minimum absolute atomic E-state index is 0.161. The van der Waals surface area contributed by atoms with Crippen molar-refractivity contribution in [1.29, 1.82) is 0 Å². The Kier molecular flexibility index (Phi) is 8.51. The number of nitrogens with two attached hydrogens (primary N) is 1. The van der Waals surface area contributed by atoms with Gasteiger partial charge in [0.05, 0.1) is 11.4 Å². The maximum Gasteiger partial charge on any atom is 0.408 e. The Morgan fingerprint density at radius 2 is 1.61 bits per heavy atom. The van der Waals surface area contributed by atoms with Gasteiger partial charge in [-0.3, -0.25) is 14.4 Å². The van der Waals surface area contributed by atoms with Crippen LogP contribution in [0.5, 0.6) is 0 Å². The summed E-state index contributed by atoms with van der Waals surface area (Å²) in [5, 5.41) is 5.37. The van der Waals surface area contributed by atoms with Gasteiger partial charge in [-0.25, -0.2) is 9.79 Å². The molecule has 0 radical (unpaired) electrons. The van der Waals surface area contributed by atoms with Gasteiger partial charge < -0.3 is 26.0 Å². The van der Waals surface area contributed by atoms with Crippen LogP contribution in [0, 0.1) is 0 Å². The number of alkyl carbamates (subject to hydrolysis) is 1. The smallest absolute Gasteiger partial charge is 0.408 e. The van der Waals surface area contributed by atoms with Crippen molar-refractivity contribution < 1.29 is 23.9 Å². The molecular formula is C31H33N5O5. The fraction of sp³-hybridized carbons (Fsp3) is 0.258. The second kappa shape index (κ2) is 12.0. The van der Waals surface area contributed by atoms with Crippen LogP contribution in [-0.4, -0.2) is 54.4 Å². The molecule has 1 aliphatic rings. The Labute approximate surface area is 238 Å². The number of fused-ring (bicyclic) bond motifs is 1. The third kappa shape index (κ3) is 7.16. The number of anilines is 1. The lowest BCUT2D eigenvalue weighted by molar-refractivity contribution is -0.128. The quantitative estimate of drug-likeness (QED) is 0.410. The van der Waals surface area contributed by atoms with Gasteiger partial charge in [-0.1, -0.05) is 60.7 Å². The summed E-state index contributed by atoms with van der Waals surface area (Å²) in [5.74, 6) is -1.64. The van der Waals surface area contributed by atoms with Crippen LogP contribution in [0.4, 0.5) is 10.5 Å². The molecule has 0 fully saturated rings. The van der Waals surface area contributed by atoms with E-state index in [0.29, 0.717) is 28.1 Å². The first-order valence-corrected chi connectivity index (χ1v) is 13.1. The van der Waals surface area contributed by atoms with Crippen LogP contribution < -0.4 is 21.3 Å². The number of ether oxygens (including phenoxy) is 1. The minimum atomic E-state index is -1.30. The van der Waals surface area contributed by atoms with Crippen molar-refractivity contribution in [3.63, 3.8) is 0 Å². The maximum absolute atomic E-state index is 13.6. The third-order valence-corrected chi connectivity index (χ3v) is 6.36. The molecule has 41 heavy (non-hydrogen) atoms. The topological polar surface area (TPSA) is 143 Å². The summed E-state index contributed by atoms with van der Waals surface area (Å²) >= 11 is 0. The number of benzodiazepines with no additional fused rings is 1. The van der Waals surface area contributed by atoms with E-state index in [1.54, 1.807) is 64.2 Å². The van der Waals surface area contributed by atoms with E-state index < -0.39 is 41.6 Å². The van der Waals surface area contributed by atoms with E-state index in [2.05, 4.69) is 10.6 Å². The number of primary amides is 1. The van der Waals surface area contributed by atoms with E-state index in [4.69, 9.17) is 15.5 Å². The second-order valence-electron chi connectivity index (χ2n) is 10.6. The second-order valence-corrected chi connectivity index (χ2v) is 10.6. The molecule has 1 unspecified atom stereocenters. The number of hydrogen-bond acceptors (Lipinski definition) is 6. The molecule has 0 aromatic heterocycles. The molecule has 0 spiro atoms. The monoisotopic (exact) mass is 555 g/mol. The molecule has 10 heteroatoms. The molecule has 10 nitrogen and oxygen atoms in total. The molecule has 4 N–H and O–H groups in total. The van der Waals surface area contributed by atoms with Crippen LogP contribution in [0.3, 0.4) is 0 Å². The number of hydrogen-bond donors (Lipinski definition) is 3. The molecule has 1 aliphatic heterocycles. The molecule has 4 amide bonds. The zero-order valence-corrected chi connectivity index (χ0v) is 23.4. The summed E-state index contributed by atoms with van der Waals surface area (Å²) in [6, 6.07) is 21.9. The van der Waals surface area contributed by atoms with Gasteiger partial charge in [-0.05, 0) is 44.5 Å². The number of carbonyl (C=O) groups is 4. The van der Waals surface area contributed by atoms with Crippen molar-refractivity contribution in [2.75, 3.05) is 11.9 Å². The number of benzene rings is 3. The summed E-state index contributed by atoms with van der Waals surface area (Å²) in [4.78, 5) is 57.6. The van der Waals surface area contributed by atoms with Gasteiger partial charge in [0.1, 0.15) is 11.6 Å². The number of nitrogens with one attached hydrogen (secondary N) is 2. The van der Waals surface area contributed by atoms with E-state index >= 15 is 0 Å². The van der Waals surface area contributed by atoms with Gasteiger partial charge >= 0.3 is 6.09 Å². The number of amides is 4. The van der Waals surface area contributed by atoms with Gasteiger partial charge in [0, 0.05) is 30.2 Å². The summed E-state index contributed by atoms with van der Waals surface area (Å²) in [6.07, 6.45) is -1.90. The van der Waals surface area contributed by atoms with Crippen LogP contribution in [0.1, 0.15) is 47.8 Å². The first kappa shape index (κ1) is 29.0. The lowest BCUT2D eigenvalue weighted by Crippen LogP contribution is -2.54. The van der Waals surface area contributed by atoms with Crippen molar-refractivity contribution in [3.8, 4) is 0 Å². The number of rotatable bonds is 7. The molecule has 4 rings (SSSR count). The molecule has 0 saturated carbocycles. The predicted octanol–water partition coefficient (Wildman–Crippen LogP) is 3.18. The summed E-state index contributed by atoms with van der Waals surface area (Å²) < 4.78 is 5.38. The van der Waals surface area contributed by atoms with Crippen LogP contribution in [0.15, 0.2) is 83.9 Å². The number of para-hydroxylation sites is 1. The lowest BCUT2D eigenvalue weighted by atomic mass is 9.99. The normalized spacial score (nSPS) is 15.6. The molecular weight excluding hydrogens is 522 g/mol. The van der Waals surface area contributed by atoms with Crippen molar-refractivity contribution in [2.45, 2.75) is 45.0 Å². The first-order chi connectivity index (χ1) is 19.4. The molecule has 2 atom stereocenters. The fourth-order valence-electron chi connectivity index (χ4n) is 4.38. The molecule has 1 heterocycles. The zero-order valence-electron chi connectivity index (χ0n) is 23.4. The van der Waals surface area contributed by atoms with E-state index in [1.807, 2.05) is 42.5 Å². The Bertz CT molecular complexity index is 1480. The first-order valence-electron chi connectivity index (χ1n) is 13.1. The molecule has 3 aromatic carbocycles. The van der Waals surface area contributed by atoms with Gasteiger partial charge in [-0.2, -0.15) is 0 Å². The molecule has 0 bridgehead atoms. The number of aliphatic imine (C=N–C) groups is 1. The number of likely N-dealkylation sites (N-methyl/N-ethyl adjacent to an activating group) is 1. The maximum atomic E-state index is 13.6. The Morgan fingerprint density at radius 3 is 2.24 bits per heavy atom. The molecule has 0 saturated heterocycles. The zero-order chi connectivity index (χ0) is 29.7. The average Bonchev–Trinajstić information content (AvgIpc) is 3.03. The largest absolute Gasteiger partial charge is 0.444 e. The SMILES string of the molecule is CN1C(=O)[C@H](NC(=O)C(Cc2ccccc2)NC(=O)OC(C)(C)C)N=C(c2ccc(C(N)=O)cc2)c2ccccc21. The number of carbonyl (C=O) groups excluding carboxylic acids is 4. The Balaban J connectivity index is 1.69. The standard InChI is InChI=1S/C31H33N5O5/c1-31(2,3)41-30(40)33-23(18-19-10-6-5-7-11-19)28(38)35-27-29(39)36(4)24-13-9-8-12-22(24)25(34-27)20-14-16-21(17-15-20)26(32)37/h5-17,23,27H,18H2,1-4H3,(H2,32,37)(H,33,40)(H,35,38)/t23?,27-/m0/s1. The third-order valence-electron chi connectivity index (χ3n) is 6.36. The van der Waals surface area contributed by atoms with Crippen molar-refractivity contribution >= 4 is 35.2 Å². The van der Waals surface area contributed by atoms with Crippen LogP contribution in [0.2, 0.25) is 0 Å². The van der Waals surface area contributed by atoms with Crippen LogP contribution >= 0.6 is 0 Å². The van der Waals surface area contributed by atoms with Gasteiger partial charge in [0.2, 0.25) is 18.0 Å². The highest BCUT2D eigenvalue weighted by Crippen LogP contribution is 2.27. The summed E-state index contributed by atoms with van der Waals surface area (Å²) in [5.41, 5.74) is 8.09. The van der Waals surface area contributed by atoms with Crippen LogP contribution in [-0.2, 0) is 20.7 Å². The summed E-state index contributed by atoms with van der Waals surface area (Å²) in [7, 11) is 1.61. The van der Waals surface area contributed by atoms with Gasteiger partial charge in [0.25, 0.3) is 5.91 Å². The van der Waals surface area contributed by atoms with E-state index in [-0.39, 0.29) is 6.42 Å². The Morgan fingerprint density at radius 1 is 0.976 bits per heavy atom. The van der Waals surface area contributed by atoms with E-state index in [1.165, 1.54) is 4.90 Å². The Hall–Kier alpha value is -4.99. The van der Waals surface area contributed by atoms with Crippen molar-refractivity contribution in [3.05, 3.63) is 101 Å². The average molecular weight is 556 g/mol. The van der Waals surface area contributed by atoms with Crippen molar-refractivity contribution in [2.24, 2.45) is 10.7 Å². The fourth-order valence-corrected chi connectivity index (χ4v) is 4.38. The van der Waals surface area contributed by atoms with Gasteiger partial charge in [-0.15, -0.1) is 0 Å². The van der Waals surface area contributed by atoms with Crippen molar-refractivity contribution in [1.82, 2.24) is 10.6 Å². The predicted molar refractivity (Wildman–Crippen MR) is 156 cm³/mol. The highest BCUT2D eigenvalue weighted by atomic mass is 16.6. The lowest BCUT2D eigenvalue weighted by Gasteiger charge is -2.25. The minimum Gasteiger partial charge on any atom is -0.444 e. The summed E-state index contributed by atoms with van der Waals surface area (Å²) in [6.45, 7) is 5.17. The van der Waals surface area contributed by atoms with Gasteiger partial charge in [0.15, 0.2) is 0 Å². The molecule has 0 aliphatic carbocycles. The highest BCUT2D eigenvalue weighted by molar-refractivity contribution is 6.20.